The van der Waals surface area contributed by atoms with Crippen LogP contribution in [0.5, 0.6) is 0 Å². The number of pyridine rings is 1. The molecule has 1 aromatic heterocycles. The number of nitrogens with zero attached hydrogens (tertiary/aromatic N) is 2. The molecule has 17 heavy (non-hydrogen) atoms. The van der Waals surface area contributed by atoms with Crippen LogP contribution in [0.3, 0.4) is 0 Å². The van der Waals surface area contributed by atoms with Crippen LogP contribution in [0.1, 0.15) is 26.0 Å². The Labute approximate surface area is 110 Å². The molecule has 0 fully saturated rings. The minimum atomic E-state index is -0.803. The number of carboxylic acid groups (broad SMARTS) is 1. The lowest BCUT2D eigenvalue weighted by Crippen LogP contribution is -2.36. The second-order valence-electron chi connectivity index (χ2n) is 4.02. The van der Waals surface area contributed by atoms with E-state index in [1.807, 2.05) is 24.0 Å². The van der Waals surface area contributed by atoms with Gasteiger partial charge in [0.1, 0.15) is 0 Å². The largest absolute Gasteiger partial charge is 0.480 e. The van der Waals surface area contributed by atoms with Crippen molar-refractivity contribution in [2.24, 2.45) is 0 Å². The van der Waals surface area contributed by atoms with Gasteiger partial charge in [-0.1, -0.05) is 6.92 Å². The molecule has 0 amide bonds. The van der Waals surface area contributed by atoms with Crippen molar-refractivity contribution in [3.8, 4) is 0 Å². The van der Waals surface area contributed by atoms with Crippen LogP contribution in [0.15, 0.2) is 22.8 Å². The number of hydrogen-bond acceptors (Lipinski definition) is 3. The second kappa shape index (κ2) is 6.71. The van der Waals surface area contributed by atoms with Gasteiger partial charge in [-0.05, 0) is 41.4 Å². The summed E-state index contributed by atoms with van der Waals surface area (Å²) in [5.41, 5.74) is 0.884. The first-order valence-electron chi connectivity index (χ1n) is 5.59. The van der Waals surface area contributed by atoms with Crippen molar-refractivity contribution >= 4 is 21.9 Å². The Balaban J connectivity index is 2.71. The zero-order valence-electron chi connectivity index (χ0n) is 10.1. The number of halogens is 1. The summed E-state index contributed by atoms with van der Waals surface area (Å²) in [5.74, 6) is -0.803. The molecular formula is C12H17BrN2O2. The van der Waals surface area contributed by atoms with Gasteiger partial charge >= 0.3 is 5.97 Å². The minimum absolute atomic E-state index is 0.0484. The number of carboxylic acids is 1. The molecule has 0 aliphatic carbocycles. The molecular weight excluding hydrogens is 284 g/mol. The molecule has 1 rings (SSSR count). The first-order chi connectivity index (χ1) is 8.02. The summed E-state index contributed by atoms with van der Waals surface area (Å²) < 4.78 is 0.926. The summed E-state index contributed by atoms with van der Waals surface area (Å²) in [5, 5.41) is 8.88. The van der Waals surface area contributed by atoms with E-state index in [4.69, 9.17) is 5.11 Å². The van der Waals surface area contributed by atoms with Crippen LogP contribution in [-0.4, -0.2) is 33.5 Å². The maximum absolute atomic E-state index is 10.8. The van der Waals surface area contributed by atoms with Crippen molar-refractivity contribution in [1.29, 1.82) is 0 Å². The van der Waals surface area contributed by atoms with E-state index >= 15 is 0 Å². The molecule has 1 heterocycles. The van der Waals surface area contributed by atoms with Crippen LogP contribution in [-0.2, 0) is 11.3 Å². The highest BCUT2D eigenvalue weighted by atomic mass is 79.9. The molecule has 5 heteroatoms. The standard InChI is InChI=1S/C12H17BrN2O2/c1-3-9(2)15(8-12(16)17)7-11-5-4-10(13)6-14-11/h4-6,9H,3,7-8H2,1-2H3,(H,16,17). The summed E-state index contributed by atoms with van der Waals surface area (Å²) in [6, 6.07) is 4.05. The summed E-state index contributed by atoms with van der Waals surface area (Å²) in [6.07, 6.45) is 2.65. The molecule has 4 nitrogen and oxygen atoms in total. The van der Waals surface area contributed by atoms with E-state index in [1.165, 1.54) is 0 Å². The second-order valence-corrected chi connectivity index (χ2v) is 4.94. The van der Waals surface area contributed by atoms with Crippen LogP contribution < -0.4 is 0 Å². The van der Waals surface area contributed by atoms with Crippen LogP contribution in [0.2, 0.25) is 0 Å². The predicted molar refractivity (Wildman–Crippen MR) is 69.7 cm³/mol. The Morgan fingerprint density at radius 3 is 2.76 bits per heavy atom. The molecule has 0 aliphatic heterocycles. The SMILES string of the molecule is CCC(C)N(CC(=O)O)Cc1ccc(Br)cn1. The topological polar surface area (TPSA) is 53.4 Å². The van der Waals surface area contributed by atoms with Gasteiger partial charge in [-0.15, -0.1) is 0 Å². The van der Waals surface area contributed by atoms with Crippen molar-refractivity contribution in [3.63, 3.8) is 0 Å². The molecule has 0 radical (unpaired) electrons. The number of carbonyl (C=O) groups is 1. The van der Waals surface area contributed by atoms with E-state index in [0.717, 1.165) is 16.6 Å². The normalized spacial score (nSPS) is 12.7. The van der Waals surface area contributed by atoms with Gasteiger partial charge in [0.05, 0.1) is 12.2 Å². The quantitative estimate of drug-likeness (QED) is 0.877. The third-order valence-electron chi connectivity index (χ3n) is 2.71. The third kappa shape index (κ3) is 4.83. The summed E-state index contributed by atoms with van der Waals surface area (Å²) >= 11 is 3.32. The van der Waals surface area contributed by atoms with Crippen molar-refractivity contribution < 1.29 is 9.90 Å². The van der Waals surface area contributed by atoms with Crippen LogP contribution in [0.25, 0.3) is 0 Å². The van der Waals surface area contributed by atoms with E-state index in [-0.39, 0.29) is 12.6 Å². The monoisotopic (exact) mass is 300 g/mol. The van der Waals surface area contributed by atoms with Gasteiger partial charge in [0.15, 0.2) is 0 Å². The third-order valence-corrected chi connectivity index (χ3v) is 3.18. The smallest absolute Gasteiger partial charge is 0.317 e. The number of aliphatic carboxylic acids is 1. The van der Waals surface area contributed by atoms with Gasteiger partial charge in [0.25, 0.3) is 0 Å². The van der Waals surface area contributed by atoms with E-state index in [9.17, 15) is 4.79 Å². The first kappa shape index (κ1) is 14.1. The van der Waals surface area contributed by atoms with Gasteiger partial charge in [-0.25, -0.2) is 0 Å². The van der Waals surface area contributed by atoms with Crippen molar-refractivity contribution in [3.05, 3.63) is 28.5 Å². The Kier molecular flexibility index (Phi) is 5.58. The molecule has 1 unspecified atom stereocenters. The highest BCUT2D eigenvalue weighted by molar-refractivity contribution is 9.10. The van der Waals surface area contributed by atoms with Crippen molar-refractivity contribution in [1.82, 2.24) is 9.88 Å². The first-order valence-corrected chi connectivity index (χ1v) is 6.38. The lowest BCUT2D eigenvalue weighted by Gasteiger charge is -2.26. The Morgan fingerprint density at radius 1 is 1.59 bits per heavy atom. The predicted octanol–water partition coefficient (Wildman–Crippen LogP) is 2.53. The van der Waals surface area contributed by atoms with E-state index in [0.29, 0.717) is 6.54 Å². The Hall–Kier alpha value is -0.940. The average molecular weight is 301 g/mol. The van der Waals surface area contributed by atoms with Gasteiger partial charge in [0.2, 0.25) is 0 Å². The Morgan fingerprint density at radius 2 is 2.29 bits per heavy atom. The molecule has 0 spiro atoms. The minimum Gasteiger partial charge on any atom is -0.480 e. The fourth-order valence-corrected chi connectivity index (χ4v) is 1.74. The lowest BCUT2D eigenvalue weighted by atomic mass is 10.2. The maximum atomic E-state index is 10.8. The molecule has 0 aromatic carbocycles. The van der Waals surface area contributed by atoms with Crippen LogP contribution in [0.4, 0.5) is 0 Å². The number of rotatable bonds is 6. The average Bonchev–Trinajstić information content (AvgIpc) is 2.29. The molecule has 0 saturated heterocycles. The maximum Gasteiger partial charge on any atom is 0.317 e. The summed E-state index contributed by atoms with van der Waals surface area (Å²) in [4.78, 5) is 17.0. The van der Waals surface area contributed by atoms with Gasteiger partial charge < -0.3 is 5.11 Å². The summed E-state index contributed by atoms with van der Waals surface area (Å²) in [7, 11) is 0. The number of hydrogen-bond donors (Lipinski definition) is 1. The molecule has 0 aliphatic rings. The zero-order chi connectivity index (χ0) is 12.8. The van der Waals surface area contributed by atoms with Gasteiger partial charge in [-0.2, -0.15) is 0 Å². The van der Waals surface area contributed by atoms with E-state index in [2.05, 4.69) is 27.8 Å². The Bertz CT molecular complexity index is 367. The van der Waals surface area contributed by atoms with Crippen molar-refractivity contribution in [2.75, 3.05) is 6.54 Å². The van der Waals surface area contributed by atoms with Gasteiger partial charge in [0, 0.05) is 23.3 Å². The van der Waals surface area contributed by atoms with Crippen LogP contribution >= 0.6 is 15.9 Å². The molecule has 1 aromatic rings. The molecule has 94 valence electrons. The highest BCUT2D eigenvalue weighted by Gasteiger charge is 2.16. The van der Waals surface area contributed by atoms with Crippen LogP contribution in [0, 0.1) is 0 Å². The number of aromatic nitrogens is 1. The zero-order valence-corrected chi connectivity index (χ0v) is 11.6. The lowest BCUT2D eigenvalue weighted by molar-refractivity contribution is -0.139. The fraction of sp³-hybridized carbons (Fsp3) is 0.500. The molecule has 1 N–H and O–H groups in total. The van der Waals surface area contributed by atoms with E-state index in [1.54, 1.807) is 6.20 Å². The summed E-state index contributed by atoms with van der Waals surface area (Å²) in [6.45, 7) is 4.69. The van der Waals surface area contributed by atoms with E-state index < -0.39 is 5.97 Å². The fourth-order valence-electron chi connectivity index (χ4n) is 1.51. The van der Waals surface area contributed by atoms with Crippen molar-refractivity contribution in [2.45, 2.75) is 32.9 Å². The molecule has 0 bridgehead atoms. The molecule has 1 atom stereocenters. The van der Waals surface area contributed by atoms with Gasteiger partial charge in [-0.3, -0.25) is 14.7 Å². The molecule has 0 saturated carbocycles. The highest BCUT2D eigenvalue weighted by Crippen LogP contribution is 2.12.